The molecule has 0 atom stereocenters. The number of rotatable bonds is 6. The zero-order valence-electron chi connectivity index (χ0n) is 16.2. The Morgan fingerprint density at radius 3 is 2.78 bits per heavy atom. The third-order valence-corrected chi connectivity index (χ3v) is 4.57. The lowest BCUT2D eigenvalue weighted by atomic mass is 9.97. The first-order valence-electron chi connectivity index (χ1n) is 9.19. The number of carbonyl (C=O) groups excluding carboxylic acids is 1. The number of fused-ring (bicyclic) bond motifs is 2. The highest BCUT2D eigenvalue weighted by molar-refractivity contribution is 6.15. The van der Waals surface area contributed by atoms with E-state index in [1.165, 1.54) is 7.11 Å². The van der Waals surface area contributed by atoms with E-state index in [4.69, 9.17) is 14.5 Å². The summed E-state index contributed by atoms with van der Waals surface area (Å²) in [5.74, 6) is 0.503. The van der Waals surface area contributed by atoms with Crippen LogP contribution in [0.15, 0.2) is 47.5 Å². The van der Waals surface area contributed by atoms with Gasteiger partial charge in [0.1, 0.15) is 12.4 Å². The van der Waals surface area contributed by atoms with Crippen molar-refractivity contribution in [1.82, 2.24) is 4.90 Å². The van der Waals surface area contributed by atoms with Gasteiger partial charge in [0.2, 0.25) is 0 Å². The average molecular weight is 366 g/mol. The minimum Gasteiger partial charge on any atom is -0.488 e. The molecule has 5 nitrogen and oxygen atoms in total. The number of hydrogen-bond donors (Lipinski definition) is 0. The van der Waals surface area contributed by atoms with Crippen LogP contribution in [-0.4, -0.2) is 50.9 Å². The first-order valence-corrected chi connectivity index (χ1v) is 9.19. The summed E-state index contributed by atoms with van der Waals surface area (Å²) in [6, 6.07) is 14.1. The van der Waals surface area contributed by atoms with Crippen molar-refractivity contribution in [2.75, 3.05) is 34.3 Å². The van der Waals surface area contributed by atoms with E-state index in [-0.39, 0.29) is 12.4 Å². The van der Waals surface area contributed by atoms with Crippen molar-refractivity contribution in [3.05, 3.63) is 64.7 Å². The predicted molar refractivity (Wildman–Crippen MR) is 107 cm³/mol. The second-order valence-electron chi connectivity index (χ2n) is 6.92. The summed E-state index contributed by atoms with van der Waals surface area (Å²) in [5, 5.41) is 0. The van der Waals surface area contributed by atoms with E-state index >= 15 is 0 Å². The van der Waals surface area contributed by atoms with Crippen molar-refractivity contribution in [2.24, 2.45) is 4.99 Å². The topological polar surface area (TPSA) is 51.1 Å². The van der Waals surface area contributed by atoms with Crippen LogP contribution in [0.5, 0.6) is 5.75 Å². The lowest BCUT2D eigenvalue weighted by Crippen LogP contribution is -2.14. The highest BCUT2D eigenvalue weighted by atomic mass is 16.5. The summed E-state index contributed by atoms with van der Waals surface area (Å²) < 4.78 is 10.8. The van der Waals surface area contributed by atoms with E-state index in [0.29, 0.717) is 6.61 Å². The molecule has 0 spiro atoms. The van der Waals surface area contributed by atoms with Gasteiger partial charge in [-0.25, -0.2) is 0 Å². The number of hydrogen-bond acceptors (Lipinski definition) is 5. The Kier molecular flexibility index (Phi) is 6.24. The lowest BCUT2D eigenvalue weighted by molar-refractivity contribution is -0.139. The molecule has 1 aliphatic heterocycles. The zero-order valence-corrected chi connectivity index (χ0v) is 16.2. The van der Waals surface area contributed by atoms with Crippen LogP contribution in [0.3, 0.4) is 0 Å². The lowest BCUT2D eigenvalue weighted by Gasteiger charge is -2.12. The van der Waals surface area contributed by atoms with Gasteiger partial charge in [-0.1, -0.05) is 30.3 Å². The summed E-state index contributed by atoms with van der Waals surface area (Å²) in [4.78, 5) is 18.7. The predicted octanol–water partition coefficient (Wildman–Crippen LogP) is 3.08. The minimum atomic E-state index is -0.260. The maximum Gasteiger partial charge on any atom is 0.309 e. The number of methoxy groups -OCH3 is 1. The number of benzene rings is 2. The molecule has 1 aliphatic rings. The van der Waals surface area contributed by atoms with Crippen LogP contribution in [0.25, 0.3) is 0 Å². The van der Waals surface area contributed by atoms with Gasteiger partial charge in [-0.15, -0.1) is 0 Å². The van der Waals surface area contributed by atoms with Gasteiger partial charge in [0.15, 0.2) is 0 Å². The normalized spacial score (nSPS) is 14.3. The molecule has 1 heterocycles. The molecule has 0 saturated carbocycles. The fraction of sp³-hybridized carbons (Fsp3) is 0.364. The van der Waals surface area contributed by atoms with Crippen molar-refractivity contribution in [2.45, 2.75) is 19.4 Å². The van der Waals surface area contributed by atoms with Crippen molar-refractivity contribution in [3.8, 4) is 5.75 Å². The Balaban J connectivity index is 1.95. The molecular formula is C22H26N2O3. The summed E-state index contributed by atoms with van der Waals surface area (Å²) in [5.41, 5.74) is 5.04. The van der Waals surface area contributed by atoms with Gasteiger partial charge < -0.3 is 14.4 Å². The van der Waals surface area contributed by atoms with Gasteiger partial charge in [0.25, 0.3) is 0 Å². The average Bonchev–Trinajstić information content (AvgIpc) is 2.82. The number of aliphatic imine (C=N–C) groups is 1. The second kappa shape index (κ2) is 8.82. The highest BCUT2D eigenvalue weighted by Crippen LogP contribution is 2.30. The van der Waals surface area contributed by atoms with Gasteiger partial charge in [0.05, 0.1) is 19.2 Å². The van der Waals surface area contributed by atoms with Crippen molar-refractivity contribution >= 4 is 11.7 Å². The SMILES string of the molecule is COC(=O)Cc1ccc2c(c1)OCc1ccccc1/C2=N/CCCN(C)C. The molecule has 27 heavy (non-hydrogen) atoms. The standard InChI is InChI=1S/C22H26N2O3/c1-24(2)12-6-11-23-22-18-8-5-4-7-17(18)15-27-20-13-16(9-10-19(20)22)14-21(25)26-3/h4-5,7-10,13H,6,11-12,14-15H2,1-3H3/b23-22-. The number of carbonyl (C=O) groups is 1. The zero-order chi connectivity index (χ0) is 19.2. The molecule has 5 heteroatoms. The van der Waals surface area contributed by atoms with Crippen LogP contribution in [0.4, 0.5) is 0 Å². The van der Waals surface area contributed by atoms with Crippen LogP contribution in [0.2, 0.25) is 0 Å². The molecule has 0 radical (unpaired) electrons. The van der Waals surface area contributed by atoms with Crippen LogP contribution >= 0.6 is 0 Å². The van der Waals surface area contributed by atoms with E-state index in [1.54, 1.807) is 0 Å². The summed E-state index contributed by atoms with van der Waals surface area (Å²) in [6.07, 6.45) is 1.23. The third-order valence-electron chi connectivity index (χ3n) is 4.57. The van der Waals surface area contributed by atoms with Gasteiger partial charge in [-0.2, -0.15) is 0 Å². The molecule has 3 rings (SSSR count). The van der Waals surface area contributed by atoms with Crippen molar-refractivity contribution < 1.29 is 14.3 Å². The van der Waals surface area contributed by atoms with Crippen LogP contribution in [0.1, 0.15) is 28.7 Å². The Hall–Kier alpha value is -2.66. The molecular weight excluding hydrogens is 340 g/mol. The third kappa shape index (κ3) is 4.74. The Labute approximate surface area is 160 Å². The molecule has 0 bridgehead atoms. The first kappa shape index (κ1) is 19.1. The van der Waals surface area contributed by atoms with E-state index in [2.05, 4.69) is 31.1 Å². The smallest absolute Gasteiger partial charge is 0.309 e. The largest absolute Gasteiger partial charge is 0.488 e. The number of nitrogens with zero attached hydrogens (tertiary/aromatic N) is 2. The Morgan fingerprint density at radius 2 is 2.00 bits per heavy atom. The maximum absolute atomic E-state index is 11.6. The maximum atomic E-state index is 11.6. The molecule has 0 N–H and O–H groups in total. The molecule has 2 aromatic carbocycles. The summed E-state index contributed by atoms with van der Waals surface area (Å²) in [7, 11) is 5.54. The fourth-order valence-corrected chi connectivity index (χ4v) is 3.16. The molecule has 0 amide bonds. The molecule has 0 unspecified atom stereocenters. The molecule has 2 aromatic rings. The molecule has 0 aliphatic carbocycles. The number of ether oxygens (including phenoxy) is 2. The molecule has 142 valence electrons. The van der Waals surface area contributed by atoms with E-state index < -0.39 is 0 Å². The van der Waals surface area contributed by atoms with Gasteiger partial charge in [-0.05, 0) is 50.3 Å². The number of esters is 1. The van der Waals surface area contributed by atoms with Gasteiger partial charge >= 0.3 is 5.97 Å². The quantitative estimate of drug-likeness (QED) is 0.582. The monoisotopic (exact) mass is 366 g/mol. The van der Waals surface area contributed by atoms with E-state index in [0.717, 1.165) is 53.2 Å². The van der Waals surface area contributed by atoms with Crippen LogP contribution in [-0.2, 0) is 22.6 Å². The Morgan fingerprint density at radius 1 is 1.19 bits per heavy atom. The van der Waals surface area contributed by atoms with Crippen LogP contribution in [0, 0.1) is 0 Å². The fourth-order valence-electron chi connectivity index (χ4n) is 3.16. The minimum absolute atomic E-state index is 0.232. The molecule has 0 aromatic heterocycles. The molecule has 0 fully saturated rings. The first-order chi connectivity index (χ1) is 13.1. The van der Waals surface area contributed by atoms with E-state index in [9.17, 15) is 4.79 Å². The summed E-state index contributed by atoms with van der Waals surface area (Å²) >= 11 is 0. The van der Waals surface area contributed by atoms with Gasteiger partial charge in [-0.3, -0.25) is 9.79 Å². The second-order valence-corrected chi connectivity index (χ2v) is 6.92. The van der Waals surface area contributed by atoms with Crippen molar-refractivity contribution in [3.63, 3.8) is 0 Å². The van der Waals surface area contributed by atoms with Crippen molar-refractivity contribution in [1.29, 1.82) is 0 Å². The summed E-state index contributed by atoms with van der Waals surface area (Å²) in [6.45, 7) is 2.24. The Bertz CT molecular complexity index is 843. The van der Waals surface area contributed by atoms with Gasteiger partial charge in [0, 0.05) is 17.7 Å². The highest BCUT2D eigenvalue weighted by Gasteiger charge is 2.21. The van der Waals surface area contributed by atoms with E-state index in [1.807, 2.05) is 30.3 Å². The molecule has 0 saturated heterocycles. The van der Waals surface area contributed by atoms with Crippen LogP contribution < -0.4 is 4.74 Å².